The van der Waals surface area contributed by atoms with Crippen molar-refractivity contribution in [2.75, 3.05) is 0 Å². The Balaban J connectivity index is 0.000000173. The number of halogens is 2. The molecule has 5 nitrogen and oxygen atoms in total. The van der Waals surface area contributed by atoms with Crippen LogP contribution in [0.2, 0.25) is 5.15 Å². The van der Waals surface area contributed by atoms with Crippen molar-refractivity contribution in [3.05, 3.63) is 88.9 Å². The topological polar surface area (TPSA) is 76.0 Å². The Morgan fingerprint density at radius 3 is 2.16 bits per heavy atom. The molecule has 2 aromatic heterocycles. The van der Waals surface area contributed by atoms with Gasteiger partial charge in [0, 0.05) is 17.6 Å². The highest BCUT2D eigenvalue weighted by atomic mass is 35.5. The van der Waals surface area contributed by atoms with Gasteiger partial charge in [-0.1, -0.05) is 42.5 Å². The zero-order valence-corrected chi connectivity index (χ0v) is 14.5. The van der Waals surface area contributed by atoms with E-state index >= 15 is 0 Å². The molecule has 7 heteroatoms. The average Bonchev–Trinajstić information content (AvgIpc) is 2.62. The molecule has 0 fully saturated rings. The Morgan fingerprint density at radius 1 is 0.920 bits per heavy atom. The molecule has 0 saturated carbocycles. The highest BCUT2D eigenvalue weighted by Crippen LogP contribution is 2.18. The Hall–Kier alpha value is -2.76. The van der Waals surface area contributed by atoms with Crippen molar-refractivity contribution < 1.29 is 9.94 Å². The summed E-state index contributed by atoms with van der Waals surface area (Å²) in [6, 6.07) is 18.5. The summed E-state index contributed by atoms with van der Waals surface area (Å²) in [5.41, 5.74) is 0.119. The van der Waals surface area contributed by atoms with Crippen LogP contribution in [0.15, 0.2) is 73.1 Å². The lowest BCUT2D eigenvalue weighted by molar-refractivity contribution is -0.601. The minimum atomic E-state index is 0. The summed E-state index contributed by atoms with van der Waals surface area (Å²) < 4.78 is 1.46. The van der Waals surface area contributed by atoms with Crippen molar-refractivity contribution in [1.29, 1.82) is 5.41 Å². The lowest BCUT2D eigenvalue weighted by Crippen LogP contribution is -2.26. The summed E-state index contributed by atoms with van der Waals surface area (Å²) >= 11 is 5.78. The van der Waals surface area contributed by atoms with Crippen LogP contribution in [0.25, 0.3) is 21.5 Å². The molecule has 0 bridgehead atoms. The van der Waals surface area contributed by atoms with Crippen molar-refractivity contribution in [2.45, 2.75) is 0 Å². The smallest absolute Gasteiger partial charge is 0.294 e. The Bertz CT molecular complexity index is 1080. The number of fused-ring (bicyclic) bond motifs is 2. The molecule has 0 saturated heterocycles. The Morgan fingerprint density at radius 2 is 1.48 bits per heavy atom. The maximum atomic E-state index is 11.0. The largest absolute Gasteiger partial charge is 0.618 e. The molecule has 0 aliphatic rings. The minimum absolute atomic E-state index is 0. The molecule has 0 aliphatic heterocycles. The van der Waals surface area contributed by atoms with Gasteiger partial charge in [0.05, 0.1) is 5.39 Å². The van der Waals surface area contributed by atoms with Gasteiger partial charge in [0.15, 0.2) is 11.7 Å². The van der Waals surface area contributed by atoms with Gasteiger partial charge in [-0.3, -0.25) is 5.41 Å². The number of aromatic nitrogens is 2. The van der Waals surface area contributed by atoms with E-state index < -0.39 is 0 Å². The van der Waals surface area contributed by atoms with E-state index in [0.29, 0.717) is 4.73 Å². The first-order chi connectivity index (χ1) is 11.6. The second kappa shape index (κ2) is 7.88. The van der Waals surface area contributed by atoms with E-state index in [0.717, 1.165) is 26.3 Å². The predicted molar refractivity (Wildman–Crippen MR) is 100 cm³/mol. The van der Waals surface area contributed by atoms with Gasteiger partial charge in [0.2, 0.25) is 0 Å². The zero-order valence-electron chi connectivity index (χ0n) is 13.0. The third-order valence-electron chi connectivity index (χ3n) is 3.61. The molecule has 0 amide bonds. The van der Waals surface area contributed by atoms with Gasteiger partial charge < -0.3 is 10.4 Å². The van der Waals surface area contributed by atoms with Gasteiger partial charge in [-0.05, 0) is 34.5 Å². The second-order valence-corrected chi connectivity index (χ2v) is 5.47. The Labute approximate surface area is 154 Å². The molecule has 4 aromatic rings. The normalized spacial score (nSPS) is 9.96. The highest BCUT2D eigenvalue weighted by molar-refractivity contribution is 6.33. The third-order valence-corrected chi connectivity index (χ3v) is 3.98. The van der Waals surface area contributed by atoms with Gasteiger partial charge in [0.1, 0.15) is 0 Å². The van der Waals surface area contributed by atoms with E-state index in [4.69, 9.17) is 22.2 Å². The standard InChI is InChI=1S/C9H6ClNO.C9H8N2O.ClH/c2*10-9-8-4-2-1-3-7(8)5-6-11(9)12;/h1-6H;1-6,10,12H;1H. The van der Waals surface area contributed by atoms with Crippen molar-refractivity contribution in [2.24, 2.45) is 0 Å². The Kier molecular flexibility index (Phi) is 5.85. The molecule has 25 heavy (non-hydrogen) atoms. The lowest BCUT2D eigenvalue weighted by atomic mass is 10.2. The van der Waals surface area contributed by atoms with Crippen LogP contribution in [0.1, 0.15) is 0 Å². The maximum Gasteiger partial charge on any atom is 0.294 e. The zero-order chi connectivity index (χ0) is 17.1. The first-order valence-corrected chi connectivity index (χ1v) is 7.56. The molecule has 0 unspecified atom stereocenters. The summed E-state index contributed by atoms with van der Waals surface area (Å²) in [6.45, 7) is 0. The number of nitrogens with zero attached hydrogens (tertiary/aromatic N) is 2. The monoisotopic (exact) mass is 375 g/mol. The second-order valence-electron chi connectivity index (χ2n) is 5.12. The number of hydrogen-bond donors (Lipinski definition) is 2. The molecule has 2 N–H and O–H groups in total. The van der Waals surface area contributed by atoms with Crippen LogP contribution in [0, 0.1) is 10.6 Å². The van der Waals surface area contributed by atoms with Crippen LogP contribution in [-0.4, -0.2) is 9.94 Å². The van der Waals surface area contributed by atoms with E-state index in [1.165, 1.54) is 12.4 Å². The molecular formula is C18H15Cl2N3O2. The van der Waals surface area contributed by atoms with Crippen molar-refractivity contribution in [1.82, 2.24) is 4.73 Å². The number of benzene rings is 2. The number of pyridine rings is 2. The molecular weight excluding hydrogens is 361 g/mol. The van der Waals surface area contributed by atoms with Gasteiger partial charge in [0.25, 0.3) is 5.15 Å². The van der Waals surface area contributed by atoms with E-state index in [2.05, 4.69) is 0 Å². The minimum Gasteiger partial charge on any atom is -0.618 e. The maximum absolute atomic E-state index is 11.0. The lowest BCUT2D eigenvalue weighted by Gasteiger charge is -2.00. The van der Waals surface area contributed by atoms with Crippen LogP contribution >= 0.6 is 24.0 Å². The fourth-order valence-corrected chi connectivity index (χ4v) is 2.60. The van der Waals surface area contributed by atoms with Crippen molar-refractivity contribution >= 4 is 45.6 Å². The van der Waals surface area contributed by atoms with Gasteiger partial charge in [-0.15, -0.1) is 12.4 Å². The fraction of sp³-hybridized carbons (Fsp3) is 0. The predicted octanol–water partition coefficient (Wildman–Crippen LogP) is 3.91. The molecule has 0 aliphatic carbocycles. The number of rotatable bonds is 0. The highest BCUT2D eigenvalue weighted by Gasteiger charge is 2.05. The molecule has 2 heterocycles. The van der Waals surface area contributed by atoms with Crippen LogP contribution < -0.4 is 10.2 Å². The molecule has 0 radical (unpaired) electrons. The molecule has 0 spiro atoms. The summed E-state index contributed by atoms with van der Waals surface area (Å²) in [7, 11) is 0. The molecule has 0 atom stereocenters. The van der Waals surface area contributed by atoms with Gasteiger partial charge in [-0.2, -0.15) is 9.46 Å². The molecule has 4 rings (SSSR count). The molecule has 2 aromatic carbocycles. The van der Waals surface area contributed by atoms with Gasteiger partial charge in [-0.25, -0.2) is 0 Å². The summed E-state index contributed by atoms with van der Waals surface area (Å²) in [6.07, 6.45) is 2.87. The number of nitrogens with one attached hydrogen (secondary N) is 1. The summed E-state index contributed by atoms with van der Waals surface area (Å²) in [5.74, 6) is 0. The summed E-state index contributed by atoms with van der Waals surface area (Å²) in [4.78, 5) is 0. The first-order valence-electron chi connectivity index (χ1n) is 7.18. The van der Waals surface area contributed by atoms with E-state index in [1.54, 1.807) is 12.1 Å². The first kappa shape index (κ1) is 18.6. The van der Waals surface area contributed by atoms with Crippen LogP contribution in [-0.2, 0) is 0 Å². The summed E-state index contributed by atoms with van der Waals surface area (Å²) in [5, 5.41) is 31.4. The fourth-order valence-electron chi connectivity index (χ4n) is 2.37. The van der Waals surface area contributed by atoms with E-state index in [-0.39, 0.29) is 23.0 Å². The SMILES string of the molecule is Cl.N=c1c2ccccc2ccn1O.[O-][n+]1ccc2ccccc2c1Cl. The third kappa shape index (κ3) is 3.84. The number of hydrogen-bond acceptors (Lipinski definition) is 3. The van der Waals surface area contributed by atoms with Crippen LogP contribution in [0.4, 0.5) is 0 Å². The van der Waals surface area contributed by atoms with Crippen molar-refractivity contribution in [3.8, 4) is 0 Å². The quantitative estimate of drug-likeness (QED) is 0.211. The van der Waals surface area contributed by atoms with Crippen LogP contribution in [0.5, 0.6) is 0 Å². The van der Waals surface area contributed by atoms with Gasteiger partial charge >= 0.3 is 0 Å². The van der Waals surface area contributed by atoms with Crippen molar-refractivity contribution in [3.63, 3.8) is 0 Å². The van der Waals surface area contributed by atoms with E-state index in [9.17, 15) is 5.21 Å². The molecule has 128 valence electrons. The van der Waals surface area contributed by atoms with Crippen LogP contribution in [0.3, 0.4) is 0 Å². The van der Waals surface area contributed by atoms with E-state index in [1.807, 2.05) is 48.5 Å². The average molecular weight is 376 g/mol.